The minimum absolute atomic E-state index is 0.504. The number of likely N-dealkylation sites (tertiary alicyclic amines) is 1. The Morgan fingerprint density at radius 3 is 2.91 bits per heavy atom. The third-order valence-electron chi connectivity index (χ3n) is 4.66. The van der Waals surface area contributed by atoms with E-state index in [4.69, 9.17) is 4.42 Å². The summed E-state index contributed by atoms with van der Waals surface area (Å²) in [4.78, 5) is 2.48. The first-order valence-corrected chi connectivity index (χ1v) is 8.33. The van der Waals surface area contributed by atoms with Crippen LogP contribution in [-0.4, -0.2) is 37.5 Å². The van der Waals surface area contributed by atoms with E-state index in [1.165, 1.54) is 37.7 Å². The summed E-state index contributed by atoms with van der Waals surface area (Å²) in [6, 6.07) is 0.504. The molecule has 1 atom stereocenters. The lowest BCUT2D eigenvalue weighted by Gasteiger charge is -2.34. The summed E-state index contributed by atoms with van der Waals surface area (Å²) in [5.41, 5.74) is 1.22. The van der Waals surface area contributed by atoms with Gasteiger partial charge < -0.3 is 4.42 Å². The molecule has 0 N–H and O–H groups in total. The van der Waals surface area contributed by atoms with Gasteiger partial charge in [-0.3, -0.25) is 9.58 Å². The molecule has 4 rings (SSSR count). The number of nitrogens with zero attached hydrogens (tertiary/aromatic N) is 5. The zero-order valence-electron chi connectivity index (χ0n) is 13.1. The van der Waals surface area contributed by atoms with Crippen molar-refractivity contribution in [1.82, 2.24) is 24.9 Å². The Bertz CT molecular complexity index is 630. The van der Waals surface area contributed by atoms with Crippen molar-refractivity contribution >= 4 is 0 Å². The Hall–Kier alpha value is -1.69. The molecule has 1 aliphatic carbocycles. The number of hydrogen-bond donors (Lipinski definition) is 0. The predicted molar refractivity (Wildman–Crippen MR) is 81.3 cm³/mol. The van der Waals surface area contributed by atoms with Gasteiger partial charge in [-0.2, -0.15) is 5.10 Å². The van der Waals surface area contributed by atoms with E-state index >= 15 is 0 Å². The summed E-state index contributed by atoms with van der Waals surface area (Å²) in [5, 5.41) is 12.9. The highest BCUT2D eigenvalue weighted by Crippen LogP contribution is 2.39. The maximum Gasteiger partial charge on any atom is 0.230 e. The van der Waals surface area contributed by atoms with Gasteiger partial charge in [0, 0.05) is 18.2 Å². The summed E-state index contributed by atoms with van der Waals surface area (Å²) in [6.45, 7) is 4.90. The fourth-order valence-corrected chi connectivity index (χ4v) is 3.26. The van der Waals surface area contributed by atoms with E-state index in [-0.39, 0.29) is 0 Å². The monoisotopic (exact) mass is 301 g/mol. The Morgan fingerprint density at radius 2 is 2.14 bits per heavy atom. The molecule has 118 valence electrons. The van der Waals surface area contributed by atoms with Crippen molar-refractivity contribution in [3.05, 3.63) is 29.7 Å². The number of aromatic nitrogens is 4. The number of hydrogen-bond acceptors (Lipinski definition) is 5. The first-order chi connectivity index (χ1) is 10.8. The zero-order valence-corrected chi connectivity index (χ0v) is 13.1. The number of piperidine rings is 1. The lowest BCUT2D eigenvalue weighted by atomic mass is 10.0. The van der Waals surface area contributed by atoms with Crippen molar-refractivity contribution in [2.75, 3.05) is 6.54 Å². The molecule has 1 saturated heterocycles. The van der Waals surface area contributed by atoms with Crippen LogP contribution in [0.15, 0.2) is 16.8 Å². The summed E-state index contributed by atoms with van der Waals surface area (Å²) in [7, 11) is 0. The van der Waals surface area contributed by atoms with Crippen LogP contribution in [0.25, 0.3) is 0 Å². The van der Waals surface area contributed by atoms with Gasteiger partial charge in [0.15, 0.2) is 0 Å². The van der Waals surface area contributed by atoms with Gasteiger partial charge in [-0.1, -0.05) is 6.42 Å². The fourth-order valence-electron chi connectivity index (χ4n) is 3.26. The minimum atomic E-state index is 0.504. The molecule has 0 amide bonds. The maximum absolute atomic E-state index is 5.83. The Kier molecular flexibility index (Phi) is 3.70. The van der Waals surface area contributed by atoms with Crippen molar-refractivity contribution in [2.24, 2.45) is 0 Å². The first kappa shape index (κ1) is 13.9. The topological polar surface area (TPSA) is 60.0 Å². The van der Waals surface area contributed by atoms with Gasteiger partial charge in [0.1, 0.15) is 0 Å². The van der Waals surface area contributed by atoms with Crippen LogP contribution in [0.5, 0.6) is 0 Å². The number of aryl methyl sites for hydroxylation is 1. The van der Waals surface area contributed by atoms with Crippen LogP contribution in [0.1, 0.15) is 55.4 Å². The van der Waals surface area contributed by atoms with Crippen LogP contribution >= 0.6 is 0 Å². The third-order valence-corrected chi connectivity index (χ3v) is 4.66. The van der Waals surface area contributed by atoms with Crippen LogP contribution in [0.4, 0.5) is 0 Å². The molecule has 1 unspecified atom stereocenters. The highest BCUT2D eigenvalue weighted by Gasteiger charge is 2.30. The molecule has 6 nitrogen and oxygen atoms in total. The SMILES string of the molecule is Cc1cnn(CC2CCCCN2Cc2nnc(C3CC3)o2)c1. The van der Waals surface area contributed by atoms with Gasteiger partial charge in [0.05, 0.1) is 19.3 Å². The quantitative estimate of drug-likeness (QED) is 0.849. The molecular formula is C16H23N5O. The Labute approximate surface area is 130 Å². The predicted octanol–water partition coefficient (Wildman–Crippen LogP) is 2.51. The van der Waals surface area contributed by atoms with E-state index in [0.29, 0.717) is 12.0 Å². The van der Waals surface area contributed by atoms with Crippen molar-refractivity contribution < 1.29 is 4.42 Å². The summed E-state index contributed by atoms with van der Waals surface area (Å²) >= 11 is 0. The molecule has 2 fully saturated rings. The molecule has 1 aliphatic heterocycles. The largest absolute Gasteiger partial charge is 0.424 e. The van der Waals surface area contributed by atoms with Crippen LogP contribution in [0.3, 0.4) is 0 Å². The van der Waals surface area contributed by atoms with E-state index < -0.39 is 0 Å². The first-order valence-electron chi connectivity index (χ1n) is 8.33. The van der Waals surface area contributed by atoms with Crippen molar-refractivity contribution in [1.29, 1.82) is 0 Å². The highest BCUT2D eigenvalue weighted by atomic mass is 16.4. The Balaban J connectivity index is 1.42. The van der Waals surface area contributed by atoms with Gasteiger partial charge in [0.2, 0.25) is 11.8 Å². The molecule has 0 aromatic carbocycles. The summed E-state index contributed by atoms with van der Waals surface area (Å²) in [5.74, 6) is 2.14. The lowest BCUT2D eigenvalue weighted by Crippen LogP contribution is -2.41. The normalized spacial score (nSPS) is 23.0. The molecule has 1 saturated carbocycles. The van der Waals surface area contributed by atoms with Crippen LogP contribution in [0, 0.1) is 6.92 Å². The standard InChI is InChI=1S/C16H23N5O/c1-12-8-17-21(9-12)10-14-4-2-3-7-20(14)11-15-18-19-16(22-15)13-5-6-13/h8-9,13-14H,2-7,10-11H2,1H3. The van der Waals surface area contributed by atoms with Gasteiger partial charge in [-0.05, 0) is 44.7 Å². The fraction of sp³-hybridized carbons (Fsp3) is 0.688. The molecule has 2 aromatic rings. The third kappa shape index (κ3) is 3.06. The molecule has 0 radical (unpaired) electrons. The van der Waals surface area contributed by atoms with Crippen LogP contribution in [0.2, 0.25) is 0 Å². The molecule has 2 aromatic heterocycles. The smallest absolute Gasteiger partial charge is 0.230 e. The molecule has 0 spiro atoms. The van der Waals surface area contributed by atoms with E-state index in [1.54, 1.807) is 0 Å². The average molecular weight is 301 g/mol. The molecule has 6 heteroatoms. The van der Waals surface area contributed by atoms with E-state index in [2.05, 4.69) is 38.0 Å². The van der Waals surface area contributed by atoms with Gasteiger partial charge in [-0.15, -0.1) is 10.2 Å². The number of rotatable bonds is 5. The van der Waals surface area contributed by atoms with E-state index in [1.807, 2.05) is 6.20 Å². The second-order valence-electron chi connectivity index (χ2n) is 6.67. The van der Waals surface area contributed by atoms with Crippen molar-refractivity contribution in [2.45, 2.75) is 64.1 Å². The van der Waals surface area contributed by atoms with Crippen LogP contribution < -0.4 is 0 Å². The molecule has 22 heavy (non-hydrogen) atoms. The van der Waals surface area contributed by atoms with E-state index in [9.17, 15) is 0 Å². The highest BCUT2D eigenvalue weighted by molar-refractivity contribution is 5.01. The van der Waals surface area contributed by atoms with Gasteiger partial charge in [0.25, 0.3) is 0 Å². The zero-order chi connectivity index (χ0) is 14.9. The van der Waals surface area contributed by atoms with Crippen molar-refractivity contribution in [3.63, 3.8) is 0 Å². The second kappa shape index (κ2) is 5.83. The van der Waals surface area contributed by atoms with Crippen LogP contribution in [-0.2, 0) is 13.1 Å². The molecular weight excluding hydrogens is 278 g/mol. The second-order valence-corrected chi connectivity index (χ2v) is 6.67. The van der Waals surface area contributed by atoms with Gasteiger partial charge >= 0.3 is 0 Å². The lowest BCUT2D eigenvalue weighted by molar-refractivity contribution is 0.110. The average Bonchev–Trinajstić information content (AvgIpc) is 3.13. The summed E-state index contributed by atoms with van der Waals surface area (Å²) in [6.07, 6.45) is 10.2. The van der Waals surface area contributed by atoms with E-state index in [0.717, 1.165) is 31.4 Å². The summed E-state index contributed by atoms with van der Waals surface area (Å²) < 4.78 is 7.88. The molecule has 3 heterocycles. The molecule has 2 aliphatic rings. The Morgan fingerprint density at radius 1 is 1.23 bits per heavy atom. The molecule has 0 bridgehead atoms. The van der Waals surface area contributed by atoms with Gasteiger partial charge in [-0.25, -0.2) is 0 Å². The minimum Gasteiger partial charge on any atom is -0.424 e. The maximum atomic E-state index is 5.83. The van der Waals surface area contributed by atoms with Crippen molar-refractivity contribution in [3.8, 4) is 0 Å².